The third-order valence-corrected chi connectivity index (χ3v) is 3.59. The summed E-state index contributed by atoms with van der Waals surface area (Å²) in [6.07, 6.45) is -1.96. The molecule has 0 atom stereocenters. The van der Waals surface area contributed by atoms with Crippen LogP contribution in [0, 0.1) is 5.92 Å². The molecule has 0 aliphatic heterocycles. The minimum atomic E-state index is -4.47. The van der Waals surface area contributed by atoms with Gasteiger partial charge >= 0.3 is 6.18 Å². The van der Waals surface area contributed by atoms with Crippen molar-refractivity contribution in [3.63, 3.8) is 0 Å². The molecule has 0 spiro atoms. The van der Waals surface area contributed by atoms with Crippen molar-refractivity contribution in [2.24, 2.45) is 5.92 Å². The van der Waals surface area contributed by atoms with Gasteiger partial charge in [-0.2, -0.15) is 13.2 Å². The van der Waals surface area contributed by atoms with E-state index in [1.54, 1.807) is 0 Å². The van der Waals surface area contributed by atoms with Crippen LogP contribution in [0.4, 0.5) is 18.9 Å². The molecule has 1 aromatic rings. The van der Waals surface area contributed by atoms with Gasteiger partial charge in [-0.25, -0.2) is 0 Å². The van der Waals surface area contributed by atoms with Crippen molar-refractivity contribution in [3.05, 3.63) is 23.8 Å². The molecule has 1 fully saturated rings. The zero-order valence-electron chi connectivity index (χ0n) is 12.2. The number of ether oxygens (including phenoxy) is 2. The van der Waals surface area contributed by atoms with Gasteiger partial charge in [-0.15, -0.1) is 0 Å². The van der Waals surface area contributed by atoms with E-state index in [-0.39, 0.29) is 29.9 Å². The maximum absolute atomic E-state index is 12.8. The molecule has 4 nitrogen and oxygen atoms in total. The van der Waals surface area contributed by atoms with Crippen molar-refractivity contribution in [2.45, 2.75) is 25.4 Å². The molecule has 0 unspecified atom stereocenters. The van der Waals surface area contributed by atoms with E-state index in [4.69, 9.17) is 9.47 Å². The molecular formula is C15H18F3NO3. The summed E-state index contributed by atoms with van der Waals surface area (Å²) in [6.45, 7) is 0.491. The van der Waals surface area contributed by atoms with Crippen LogP contribution in [0.3, 0.4) is 0 Å². The number of hydrogen-bond donors (Lipinski definition) is 1. The lowest BCUT2D eigenvalue weighted by Gasteiger charge is -2.25. The topological polar surface area (TPSA) is 47.6 Å². The van der Waals surface area contributed by atoms with Crippen molar-refractivity contribution in [2.75, 3.05) is 25.6 Å². The minimum Gasteiger partial charge on any atom is -0.489 e. The quantitative estimate of drug-likeness (QED) is 0.817. The van der Waals surface area contributed by atoms with E-state index >= 15 is 0 Å². The van der Waals surface area contributed by atoms with Gasteiger partial charge in [0.15, 0.2) is 0 Å². The summed E-state index contributed by atoms with van der Waals surface area (Å²) < 4.78 is 48.6. The lowest BCUT2D eigenvalue weighted by atomic mass is 9.85. The summed E-state index contributed by atoms with van der Waals surface area (Å²) in [5.41, 5.74) is -0.779. The number of alkyl halides is 3. The predicted molar refractivity (Wildman–Crippen MR) is 74.8 cm³/mol. The number of hydrogen-bond acceptors (Lipinski definition) is 3. The molecule has 1 amide bonds. The molecule has 1 aliphatic carbocycles. The Kier molecular flexibility index (Phi) is 5.28. The molecule has 1 saturated carbocycles. The highest BCUT2D eigenvalue weighted by Gasteiger charge is 2.32. The number of benzene rings is 1. The van der Waals surface area contributed by atoms with Gasteiger partial charge in [0.05, 0.1) is 17.9 Å². The maximum Gasteiger partial charge on any atom is 0.416 e. The highest BCUT2D eigenvalue weighted by molar-refractivity contribution is 5.94. The molecule has 1 aromatic carbocycles. The SMILES string of the molecule is COCCOc1ccc(C(F)(F)F)cc1NC(=O)C1CCC1. The van der Waals surface area contributed by atoms with E-state index in [2.05, 4.69) is 5.32 Å². The summed E-state index contributed by atoms with van der Waals surface area (Å²) in [5.74, 6) is -0.179. The van der Waals surface area contributed by atoms with E-state index in [0.717, 1.165) is 31.4 Å². The number of nitrogens with one attached hydrogen (secondary N) is 1. The molecule has 0 saturated heterocycles. The Bertz CT molecular complexity index is 527. The van der Waals surface area contributed by atoms with Crippen molar-refractivity contribution < 1.29 is 27.4 Å². The van der Waals surface area contributed by atoms with Crippen molar-refractivity contribution in [1.29, 1.82) is 0 Å². The second-order valence-corrected chi connectivity index (χ2v) is 5.17. The largest absolute Gasteiger partial charge is 0.489 e. The number of halogens is 3. The van der Waals surface area contributed by atoms with Crippen molar-refractivity contribution in [1.82, 2.24) is 0 Å². The Morgan fingerprint density at radius 3 is 2.59 bits per heavy atom. The first-order valence-corrected chi connectivity index (χ1v) is 7.05. The average Bonchev–Trinajstić information content (AvgIpc) is 2.37. The average molecular weight is 317 g/mol. The Morgan fingerprint density at radius 2 is 2.05 bits per heavy atom. The summed E-state index contributed by atoms with van der Waals surface area (Å²) in [5, 5.41) is 2.55. The lowest BCUT2D eigenvalue weighted by molar-refractivity contribution is -0.137. The molecule has 0 heterocycles. The van der Waals surface area contributed by atoms with Gasteiger partial charge < -0.3 is 14.8 Å². The number of rotatable bonds is 6. The van der Waals surface area contributed by atoms with Crippen LogP contribution in [-0.4, -0.2) is 26.2 Å². The summed E-state index contributed by atoms with van der Waals surface area (Å²) >= 11 is 0. The Labute approximate surface area is 126 Å². The number of anilines is 1. The van der Waals surface area contributed by atoms with Crippen LogP contribution in [0.5, 0.6) is 5.75 Å². The van der Waals surface area contributed by atoms with E-state index in [9.17, 15) is 18.0 Å². The van der Waals surface area contributed by atoms with Crippen LogP contribution >= 0.6 is 0 Å². The standard InChI is InChI=1S/C15H18F3NO3/c1-21-7-8-22-13-6-5-11(15(16,17)18)9-12(13)19-14(20)10-3-2-4-10/h5-6,9-10H,2-4,7-8H2,1H3,(H,19,20). The van der Waals surface area contributed by atoms with Crippen molar-refractivity contribution >= 4 is 11.6 Å². The molecule has 122 valence electrons. The number of methoxy groups -OCH3 is 1. The first kappa shape index (κ1) is 16.6. The third kappa shape index (κ3) is 4.13. The molecule has 22 heavy (non-hydrogen) atoms. The van der Waals surface area contributed by atoms with E-state index in [1.807, 2.05) is 0 Å². The molecule has 1 aliphatic rings. The molecule has 0 bridgehead atoms. The second-order valence-electron chi connectivity index (χ2n) is 5.17. The lowest BCUT2D eigenvalue weighted by Crippen LogP contribution is -2.28. The minimum absolute atomic E-state index is 0.0443. The van der Waals surface area contributed by atoms with Crippen LogP contribution in [0.2, 0.25) is 0 Å². The van der Waals surface area contributed by atoms with Crippen LogP contribution in [0.1, 0.15) is 24.8 Å². The molecule has 7 heteroatoms. The monoisotopic (exact) mass is 317 g/mol. The summed E-state index contributed by atoms with van der Waals surface area (Å²) in [4.78, 5) is 12.0. The smallest absolute Gasteiger partial charge is 0.416 e. The van der Waals surface area contributed by atoms with Gasteiger partial charge in [0.2, 0.25) is 5.91 Å². The number of carbonyl (C=O) groups excluding carboxylic acids is 1. The zero-order chi connectivity index (χ0) is 16.2. The number of carbonyl (C=O) groups is 1. The highest BCUT2D eigenvalue weighted by Crippen LogP contribution is 2.36. The Balaban J connectivity index is 2.18. The number of amides is 1. The molecule has 0 aromatic heterocycles. The zero-order valence-corrected chi connectivity index (χ0v) is 12.2. The molecule has 0 radical (unpaired) electrons. The maximum atomic E-state index is 12.8. The third-order valence-electron chi connectivity index (χ3n) is 3.59. The predicted octanol–water partition coefficient (Wildman–Crippen LogP) is 3.47. The second kappa shape index (κ2) is 7.00. The normalized spacial score (nSPS) is 15.3. The first-order valence-electron chi connectivity index (χ1n) is 7.05. The van der Waals surface area contributed by atoms with Crippen LogP contribution in [0.15, 0.2) is 18.2 Å². The fourth-order valence-electron chi connectivity index (χ4n) is 2.07. The van der Waals surface area contributed by atoms with E-state index in [1.165, 1.54) is 13.2 Å². The van der Waals surface area contributed by atoms with Gasteiger partial charge in [0, 0.05) is 13.0 Å². The fraction of sp³-hybridized carbons (Fsp3) is 0.533. The van der Waals surface area contributed by atoms with Gasteiger partial charge in [-0.1, -0.05) is 6.42 Å². The summed E-state index contributed by atoms with van der Waals surface area (Å²) in [7, 11) is 1.50. The van der Waals surface area contributed by atoms with E-state index < -0.39 is 11.7 Å². The van der Waals surface area contributed by atoms with Crippen LogP contribution < -0.4 is 10.1 Å². The van der Waals surface area contributed by atoms with Gasteiger partial charge in [-0.3, -0.25) is 4.79 Å². The van der Waals surface area contributed by atoms with E-state index in [0.29, 0.717) is 6.61 Å². The molecule has 1 N–H and O–H groups in total. The molecular weight excluding hydrogens is 299 g/mol. The molecule has 2 rings (SSSR count). The van der Waals surface area contributed by atoms with Crippen LogP contribution in [-0.2, 0) is 15.7 Å². The highest BCUT2D eigenvalue weighted by atomic mass is 19.4. The van der Waals surface area contributed by atoms with Crippen LogP contribution in [0.25, 0.3) is 0 Å². The fourth-order valence-corrected chi connectivity index (χ4v) is 2.07. The Hall–Kier alpha value is -1.76. The Morgan fingerprint density at radius 1 is 1.32 bits per heavy atom. The van der Waals surface area contributed by atoms with Crippen molar-refractivity contribution in [3.8, 4) is 5.75 Å². The van der Waals surface area contributed by atoms with Gasteiger partial charge in [0.1, 0.15) is 12.4 Å². The van der Waals surface area contributed by atoms with Gasteiger partial charge in [-0.05, 0) is 31.0 Å². The van der Waals surface area contributed by atoms with Gasteiger partial charge in [0.25, 0.3) is 0 Å². The first-order chi connectivity index (χ1) is 10.4. The summed E-state index contributed by atoms with van der Waals surface area (Å²) in [6, 6.07) is 3.05.